The van der Waals surface area contributed by atoms with Crippen LogP contribution in [0.25, 0.3) is 10.8 Å². The molecule has 28 heavy (non-hydrogen) atoms. The number of nitrogens with zero attached hydrogens (tertiary/aromatic N) is 1. The molecule has 3 unspecified atom stereocenters. The summed E-state index contributed by atoms with van der Waals surface area (Å²) in [4.78, 5) is 15.2. The summed E-state index contributed by atoms with van der Waals surface area (Å²) in [5.74, 6) is 1.58. The molecule has 0 radical (unpaired) electrons. The first-order chi connectivity index (χ1) is 13.4. The van der Waals surface area contributed by atoms with Crippen LogP contribution in [0.3, 0.4) is 0 Å². The molecular weight excluding hydrogens is 348 g/mol. The minimum atomic E-state index is -0.454. The maximum absolute atomic E-state index is 13.1. The third-order valence-corrected chi connectivity index (χ3v) is 8.07. The van der Waals surface area contributed by atoms with Gasteiger partial charge in [0.1, 0.15) is 0 Å². The summed E-state index contributed by atoms with van der Waals surface area (Å²) in [6.45, 7) is 2.86. The number of fused-ring (bicyclic) bond motifs is 1. The predicted molar refractivity (Wildman–Crippen MR) is 109 cm³/mol. The number of carbonyl (C=O) groups excluding carboxylic acids is 1. The lowest BCUT2D eigenvalue weighted by atomic mass is 9.52. The number of urea groups is 1. The fraction of sp³-hybridized carbons (Fsp3) is 0.542. The van der Waals surface area contributed by atoms with E-state index in [0.717, 1.165) is 19.3 Å². The van der Waals surface area contributed by atoms with E-state index in [1.54, 1.807) is 0 Å². The van der Waals surface area contributed by atoms with Crippen LogP contribution in [0.2, 0.25) is 0 Å². The van der Waals surface area contributed by atoms with Crippen molar-refractivity contribution in [2.75, 3.05) is 6.54 Å². The molecule has 5 fully saturated rings. The molecule has 0 spiro atoms. The monoisotopic (exact) mass is 376 g/mol. The van der Waals surface area contributed by atoms with Crippen LogP contribution >= 0.6 is 0 Å². The minimum absolute atomic E-state index is 0.0696. The lowest BCUT2D eigenvalue weighted by molar-refractivity contribution is -0.152. The van der Waals surface area contributed by atoms with Crippen molar-refractivity contribution in [2.24, 2.45) is 17.8 Å². The van der Waals surface area contributed by atoms with Crippen LogP contribution in [0.4, 0.5) is 4.79 Å². The number of nitrogens with one attached hydrogen (secondary N) is 1. The lowest BCUT2D eigenvalue weighted by Gasteiger charge is -2.59. The molecule has 2 N–H and O–H groups in total. The molecule has 1 aliphatic heterocycles. The fourth-order valence-corrected chi connectivity index (χ4v) is 7.16. The Labute approximate surface area is 165 Å². The minimum Gasteiger partial charge on any atom is -0.390 e. The van der Waals surface area contributed by atoms with Gasteiger partial charge in [0, 0.05) is 12.6 Å². The third-order valence-electron chi connectivity index (χ3n) is 8.07. The first kappa shape index (κ1) is 16.8. The Morgan fingerprint density at radius 1 is 1.04 bits per heavy atom. The first-order valence-corrected chi connectivity index (χ1v) is 10.7. The van der Waals surface area contributed by atoms with Crippen molar-refractivity contribution in [2.45, 2.75) is 56.2 Å². The molecule has 4 aliphatic carbocycles. The number of aliphatic hydroxyl groups is 1. The van der Waals surface area contributed by atoms with Crippen LogP contribution in [-0.2, 0) is 5.54 Å². The summed E-state index contributed by atoms with van der Waals surface area (Å²) < 4.78 is 0. The van der Waals surface area contributed by atoms with Crippen LogP contribution in [0.5, 0.6) is 0 Å². The van der Waals surface area contributed by atoms with Crippen LogP contribution in [0.15, 0.2) is 42.5 Å². The van der Waals surface area contributed by atoms with Crippen LogP contribution in [0, 0.1) is 17.8 Å². The Kier molecular flexibility index (Phi) is 3.31. The van der Waals surface area contributed by atoms with Crippen LogP contribution in [0.1, 0.15) is 44.6 Å². The van der Waals surface area contributed by atoms with Crippen molar-refractivity contribution in [3.8, 4) is 0 Å². The molecule has 1 heterocycles. The van der Waals surface area contributed by atoms with Crippen LogP contribution < -0.4 is 5.32 Å². The van der Waals surface area contributed by atoms with Crippen molar-refractivity contribution in [3.63, 3.8) is 0 Å². The quantitative estimate of drug-likeness (QED) is 0.832. The molecule has 1 saturated heterocycles. The highest BCUT2D eigenvalue weighted by atomic mass is 16.3. The van der Waals surface area contributed by atoms with Gasteiger partial charge < -0.3 is 15.3 Å². The number of benzene rings is 2. The number of carbonyl (C=O) groups is 1. The molecular formula is C24H28N2O2. The van der Waals surface area contributed by atoms with Crippen molar-refractivity contribution in [1.82, 2.24) is 10.2 Å². The number of rotatable bonds is 2. The van der Waals surface area contributed by atoms with E-state index in [1.165, 1.54) is 29.2 Å². The molecule has 2 aromatic carbocycles. The van der Waals surface area contributed by atoms with E-state index in [2.05, 4.69) is 59.6 Å². The number of hydrogen-bond acceptors (Lipinski definition) is 2. The summed E-state index contributed by atoms with van der Waals surface area (Å²) >= 11 is 0. The summed E-state index contributed by atoms with van der Waals surface area (Å²) in [6, 6.07) is 15.3. The van der Waals surface area contributed by atoms with E-state index in [9.17, 15) is 9.90 Å². The topological polar surface area (TPSA) is 52.6 Å². The molecule has 4 saturated carbocycles. The molecule has 0 aromatic heterocycles. The van der Waals surface area contributed by atoms with Gasteiger partial charge in [-0.05, 0) is 79.2 Å². The summed E-state index contributed by atoms with van der Waals surface area (Å²) in [5.41, 5.74) is 0.349. The Balaban J connectivity index is 1.31. The molecule has 4 bridgehead atoms. The summed E-state index contributed by atoms with van der Waals surface area (Å²) in [5, 5.41) is 16.6. The van der Waals surface area contributed by atoms with Gasteiger partial charge in [0.05, 0.1) is 11.1 Å². The van der Waals surface area contributed by atoms with E-state index < -0.39 is 5.60 Å². The number of hydrogen-bond donors (Lipinski definition) is 2. The van der Waals surface area contributed by atoms with Crippen LogP contribution in [-0.4, -0.2) is 34.2 Å². The maximum Gasteiger partial charge on any atom is 0.318 e. The molecule has 7 rings (SSSR count). The van der Waals surface area contributed by atoms with Gasteiger partial charge in [0.15, 0.2) is 0 Å². The smallest absolute Gasteiger partial charge is 0.318 e. The zero-order valence-electron chi connectivity index (χ0n) is 16.4. The normalized spacial score (nSPS) is 41.6. The van der Waals surface area contributed by atoms with E-state index >= 15 is 0 Å². The highest BCUT2D eigenvalue weighted by Gasteiger charge is 2.58. The first-order valence-electron chi connectivity index (χ1n) is 10.7. The van der Waals surface area contributed by atoms with Gasteiger partial charge in [-0.25, -0.2) is 4.79 Å². The second kappa shape index (κ2) is 5.50. The second-order valence-electron chi connectivity index (χ2n) is 10.1. The van der Waals surface area contributed by atoms with Crippen molar-refractivity contribution < 1.29 is 9.90 Å². The largest absolute Gasteiger partial charge is 0.390 e. The molecule has 4 nitrogen and oxygen atoms in total. The van der Waals surface area contributed by atoms with Crippen molar-refractivity contribution >= 4 is 16.8 Å². The molecule has 4 heteroatoms. The lowest BCUT2D eigenvalue weighted by Crippen LogP contribution is -2.62. The molecule has 5 aliphatic rings. The van der Waals surface area contributed by atoms with Crippen molar-refractivity contribution in [3.05, 3.63) is 48.0 Å². The Hall–Kier alpha value is -2.07. The molecule has 146 valence electrons. The van der Waals surface area contributed by atoms with E-state index in [1.807, 2.05) is 0 Å². The zero-order valence-corrected chi connectivity index (χ0v) is 16.4. The Bertz CT molecular complexity index is 956. The zero-order chi connectivity index (χ0) is 19.1. The number of amides is 2. The maximum atomic E-state index is 13.1. The Morgan fingerprint density at radius 3 is 2.46 bits per heavy atom. The molecule has 3 atom stereocenters. The van der Waals surface area contributed by atoms with Gasteiger partial charge in [-0.2, -0.15) is 0 Å². The van der Waals surface area contributed by atoms with Gasteiger partial charge in [-0.3, -0.25) is 0 Å². The molecule has 2 amide bonds. The SMILES string of the molecule is CC1(c2ccc3ccccc3c2)CN(C2C3CC4CC2CC(O)(C4)C3)C(=O)N1. The van der Waals surface area contributed by atoms with Gasteiger partial charge >= 0.3 is 6.03 Å². The average molecular weight is 377 g/mol. The van der Waals surface area contributed by atoms with Gasteiger partial charge in [-0.1, -0.05) is 36.4 Å². The fourth-order valence-electron chi connectivity index (χ4n) is 7.16. The van der Waals surface area contributed by atoms with E-state index in [4.69, 9.17) is 0 Å². The Morgan fingerprint density at radius 2 is 1.75 bits per heavy atom. The van der Waals surface area contributed by atoms with Gasteiger partial charge in [0.25, 0.3) is 0 Å². The average Bonchev–Trinajstić information content (AvgIpc) is 2.95. The van der Waals surface area contributed by atoms with Gasteiger partial charge in [-0.15, -0.1) is 0 Å². The standard InChI is InChI=1S/C24H28N2O2/c1-23(20-7-6-16-4-2-3-5-17(16)10-20)14-26(22(27)25-23)21-18-8-15-9-19(21)13-24(28,11-15)12-18/h2-7,10,15,18-19,21,28H,8-9,11-14H2,1H3,(H,25,27). The highest BCUT2D eigenvalue weighted by molar-refractivity contribution is 5.84. The highest BCUT2D eigenvalue weighted by Crippen LogP contribution is 2.57. The third kappa shape index (κ3) is 2.37. The van der Waals surface area contributed by atoms with E-state index in [0.29, 0.717) is 30.3 Å². The van der Waals surface area contributed by atoms with E-state index in [-0.39, 0.29) is 11.6 Å². The predicted octanol–water partition coefficient (Wildman–Crippen LogP) is 4.02. The summed E-state index contributed by atoms with van der Waals surface area (Å²) in [6.07, 6.45) is 5.09. The molecule has 2 aromatic rings. The van der Waals surface area contributed by atoms with Crippen molar-refractivity contribution in [1.29, 1.82) is 0 Å². The second-order valence-corrected chi connectivity index (χ2v) is 10.1. The van der Waals surface area contributed by atoms with Gasteiger partial charge in [0.2, 0.25) is 0 Å². The summed E-state index contributed by atoms with van der Waals surface area (Å²) in [7, 11) is 0.